The summed E-state index contributed by atoms with van der Waals surface area (Å²) in [7, 11) is 0. The molecule has 0 spiro atoms. The van der Waals surface area contributed by atoms with Gasteiger partial charge < -0.3 is 25.4 Å². The third-order valence-electron chi connectivity index (χ3n) is 4.12. The fourth-order valence-corrected chi connectivity index (χ4v) is 2.98. The predicted molar refractivity (Wildman–Crippen MR) is 120 cm³/mol. The molecule has 0 amide bonds. The molecule has 6 nitrogen and oxygen atoms in total. The first-order chi connectivity index (χ1) is 11.9. The van der Waals surface area contributed by atoms with Crippen molar-refractivity contribution in [3.63, 3.8) is 0 Å². The average Bonchev–Trinajstić information content (AvgIpc) is 2.54. The number of aliphatic hydroxyl groups is 1. The number of rotatable bonds is 10. The molecule has 1 saturated heterocycles. The standard InChI is InChI=1S/C19H40N4O2.HI/c1-6-20-19(21-11-18(24)14-25-13-16(4)5)22-17-7-9-23(10-8-17)12-15(2)3;/h15-18,24H,6-14H2,1-5H3,(H2,20,21,22);1H. The Morgan fingerprint density at radius 1 is 1.15 bits per heavy atom. The van der Waals surface area contributed by atoms with Crippen LogP contribution in [-0.4, -0.2) is 74.0 Å². The third-order valence-corrected chi connectivity index (χ3v) is 4.12. The first-order valence-corrected chi connectivity index (χ1v) is 9.93. The van der Waals surface area contributed by atoms with Gasteiger partial charge in [-0.05, 0) is 31.6 Å². The third kappa shape index (κ3) is 12.3. The molecule has 26 heavy (non-hydrogen) atoms. The average molecular weight is 484 g/mol. The number of ether oxygens (including phenoxy) is 1. The zero-order valence-electron chi connectivity index (χ0n) is 17.3. The van der Waals surface area contributed by atoms with E-state index in [0.717, 1.165) is 44.4 Å². The molecule has 1 unspecified atom stereocenters. The molecule has 1 rings (SSSR count). The molecule has 7 heteroatoms. The van der Waals surface area contributed by atoms with Gasteiger partial charge in [0.2, 0.25) is 0 Å². The van der Waals surface area contributed by atoms with E-state index in [1.54, 1.807) is 0 Å². The lowest BCUT2D eigenvalue weighted by atomic mass is 10.0. The van der Waals surface area contributed by atoms with Crippen LogP contribution in [0.2, 0.25) is 0 Å². The van der Waals surface area contributed by atoms with E-state index in [1.807, 2.05) is 0 Å². The van der Waals surface area contributed by atoms with Gasteiger partial charge in [0, 0.05) is 38.8 Å². The van der Waals surface area contributed by atoms with Crippen LogP contribution in [0.15, 0.2) is 4.99 Å². The van der Waals surface area contributed by atoms with E-state index >= 15 is 0 Å². The molecule has 0 aromatic rings. The molecular weight excluding hydrogens is 443 g/mol. The normalized spacial score (nSPS) is 18.1. The van der Waals surface area contributed by atoms with Crippen molar-refractivity contribution >= 4 is 29.9 Å². The van der Waals surface area contributed by atoms with Crippen LogP contribution in [0.4, 0.5) is 0 Å². The quantitative estimate of drug-likeness (QED) is 0.252. The lowest BCUT2D eigenvalue weighted by Gasteiger charge is -2.34. The Morgan fingerprint density at radius 3 is 2.35 bits per heavy atom. The summed E-state index contributed by atoms with van der Waals surface area (Å²) < 4.78 is 5.48. The number of guanidine groups is 1. The van der Waals surface area contributed by atoms with Crippen molar-refractivity contribution < 1.29 is 9.84 Å². The Hall–Kier alpha value is -0.120. The lowest BCUT2D eigenvalue weighted by Crippen LogP contribution is -2.49. The van der Waals surface area contributed by atoms with E-state index < -0.39 is 6.10 Å². The fraction of sp³-hybridized carbons (Fsp3) is 0.947. The zero-order chi connectivity index (χ0) is 18.7. The molecular formula is C19H41IN4O2. The molecule has 0 saturated carbocycles. The summed E-state index contributed by atoms with van der Waals surface area (Å²) >= 11 is 0. The highest BCUT2D eigenvalue weighted by atomic mass is 127. The maximum atomic E-state index is 10.0. The molecule has 1 fully saturated rings. The fourth-order valence-electron chi connectivity index (χ4n) is 2.98. The number of halogens is 1. The number of likely N-dealkylation sites (tertiary alicyclic amines) is 1. The molecule has 1 heterocycles. The van der Waals surface area contributed by atoms with E-state index in [4.69, 9.17) is 4.74 Å². The second kappa shape index (κ2) is 14.9. The summed E-state index contributed by atoms with van der Waals surface area (Å²) in [6.45, 7) is 16.5. The number of nitrogens with zero attached hydrogens (tertiary/aromatic N) is 2. The highest BCUT2D eigenvalue weighted by Crippen LogP contribution is 2.12. The van der Waals surface area contributed by atoms with Crippen molar-refractivity contribution in [3.8, 4) is 0 Å². The highest BCUT2D eigenvalue weighted by molar-refractivity contribution is 14.0. The van der Waals surface area contributed by atoms with Crippen LogP contribution in [0.5, 0.6) is 0 Å². The van der Waals surface area contributed by atoms with Crippen molar-refractivity contribution in [2.45, 2.75) is 59.6 Å². The number of hydrogen-bond donors (Lipinski definition) is 3. The first-order valence-electron chi connectivity index (χ1n) is 9.93. The molecule has 0 aromatic carbocycles. The minimum absolute atomic E-state index is 0. The largest absolute Gasteiger partial charge is 0.389 e. The minimum atomic E-state index is -0.554. The van der Waals surface area contributed by atoms with Crippen LogP contribution < -0.4 is 10.6 Å². The molecule has 1 atom stereocenters. The Balaban J connectivity index is 0.00000625. The Bertz CT molecular complexity index is 373. The van der Waals surface area contributed by atoms with Gasteiger partial charge in [0.1, 0.15) is 0 Å². The summed E-state index contributed by atoms with van der Waals surface area (Å²) in [4.78, 5) is 7.07. The zero-order valence-corrected chi connectivity index (χ0v) is 19.7. The summed E-state index contributed by atoms with van der Waals surface area (Å²) in [5, 5.41) is 16.8. The van der Waals surface area contributed by atoms with Gasteiger partial charge in [-0.25, -0.2) is 0 Å². The van der Waals surface area contributed by atoms with Crippen LogP contribution in [0.3, 0.4) is 0 Å². The topological polar surface area (TPSA) is 69.1 Å². The van der Waals surface area contributed by atoms with Crippen LogP contribution in [0.1, 0.15) is 47.5 Å². The maximum absolute atomic E-state index is 10.0. The van der Waals surface area contributed by atoms with E-state index in [9.17, 15) is 5.11 Å². The molecule has 1 aliphatic rings. The summed E-state index contributed by atoms with van der Waals surface area (Å²) in [6.07, 6.45) is 1.72. The Labute approximate surface area is 177 Å². The van der Waals surface area contributed by atoms with E-state index in [-0.39, 0.29) is 24.0 Å². The summed E-state index contributed by atoms with van der Waals surface area (Å²) in [5.74, 6) is 2.01. The van der Waals surface area contributed by atoms with Crippen molar-refractivity contribution in [1.82, 2.24) is 15.5 Å². The van der Waals surface area contributed by atoms with Crippen LogP contribution in [0, 0.1) is 11.8 Å². The van der Waals surface area contributed by atoms with E-state index in [0.29, 0.717) is 31.7 Å². The van der Waals surface area contributed by atoms with Crippen LogP contribution in [0.25, 0.3) is 0 Å². The molecule has 1 aliphatic heterocycles. The first kappa shape index (κ1) is 25.9. The van der Waals surface area contributed by atoms with Crippen molar-refractivity contribution in [2.24, 2.45) is 16.8 Å². The number of aliphatic imine (C=N–C) groups is 1. The van der Waals surface area contributed by atoms with Gasteiger partial charge in [-0.2, -0.15) is 0 Å². The van der Waals surface area contributed by atoms with Gasteiger partial charge in [-0.3, -0.25) is 4.99 Å². The second-order valence-corrected chi connectivity index (χ2v) is 7.92. The number of piperidine rings is 1. The molecule has 0 bridgehead atoms. The lowest BCUT2D eigenvalue weighted by molar-refractivity contribution is 0.0301. The molecule has 3 N–H and O–H groups in total. The van der Waals surface area contributed by atoms with Gasteiger partial charge in [0.05, 0.1) is 19.3 Å². The molecule has 0 aliphatic carbocycles. The highest BCUT2D eigenvalue weighted by Gasteiger charge is 2.20. The van der Waals surface area contributed by atoms with Crippen molar-refractivity contribution in [1.29, 1.82) is 0 Å². The summed E-state index contributed by atoms with van der Waals surface area (Å²) in [5.41, 5.74) is 0. The van der Waals surface area contributed by atoms with E-state index in [2.05, 4.69) is 55.1 Å². The Morgan fingerprint density at radius 2 is 1.81 bits per heavy atom. The van der Waals surface area contributed by atoms with Crippen molar-refractivity contribution in [2.75, 3.05) is 45.9 Å². The van der Waals surface area contributed by atoms with Gasteiger partial charge in [-0.15, -0.1) is 24.0 Å². The van der Waals surface area contributed by atoms with Crippen LogP contribution in [-0.2, 0) is 4.74 Å². The van der Waals surface area contributed by atoms with Gasteiger partial charge in [0.25, 0.3) is 0 Å². The molecule has 0 aromatic heterocycles. The summed E-state index contributed by atoms with van der Waals surface area (Å²) in [6, 6.07) is 0.454. The number of nitrogens with one attached hydrogen (secondary N) is 2. The number of hydrogen-bond acceptors (Lipinski definition) is 4. The number of aliphatic hydroxyl groups excluding tert-OH is 1. The van der Waals surface area contributed by atoms with Gasteiger partial charge in [-0.1, -0.05) is 27.7 Å². The molecule has 0 radical (unpaired) electrons. The molecule has 156 valence electrons. The minimum Gasteiger partial charge on any atom is -0.389 e. The van der Waals surface area contributed by atoms with Crippen molar-refractivity contribution in [3.05, 3.63) is 0 Å². The Kier molecular flexibility index (Phi) is 14.8. The monoisotopic (exact) mass is 484 g/mol. The maximum Gasteiger partial charge on any atom is 0.191 e. The predicted octanol–water partition coefficient (Wildman–Crippen LogP) is 2.31. The smallest absolute Gasteiger partial charge is 0.191 e. The van der Waals surface area contributed by atoms with Gasteiger partial charge in [0.15, 0.2) is 5.96 Å². The van der Waals surface area contributed by atoms with E-state index in [1.165, 1.54) is 6.54 Å². The SMILES string of the molecule is CCNC(=NCC(O)COCC(C)C)NC1CCN(CC(C)C)CC1.I. The van der Waals surface area contributed by atoms with Crippen LogP contribution >= 0.6 is 24.0 Å². The van der Waals surface area contributed by atoms with Gasteiger partial charge >= 0.3 is 0 Å². The second-order valence-electron chi connectivity index (χ2n) is 7.92.